The van der Waals surface area contributed by atoms with Gasteiger partial charge < -0.3 is 10.1 Å². The molecule has 0 aliphatic heterocycles. The number of nitrogens with zero attached hydrogens (tertiary/aromatic N) is 2. The second kappa shape index (κ2) is 11.3. The van der Waals surface area contributed by atoms with Gasteiger partial charge in [0.25, 0.3) is 0 Å². The van der Waals surface area contributed by atoms with Gasteiger partial charge in [0.15, 0.2) is 0 Å². The second-order valence-corrected chi connectivity index (χ2v) is 6.53. The first-order valence-electron chi connectivity index (χ1n) is 9.71. The molecule has 0 spiro atoms. The number of aryl methyl sites for hydroxylation is 1. The van der Waals surface area contributed by atoms with E-state index in [4.69, 9.17) is 4.74 Å². The van der Waals surface area contributed by atoms with Crippen molar-refractivity contribution >= 4 is 5.91 Å². The van der Waals surface area contributed by atoms with Gasteiger partial charge in [0, 0.05) is 25.4 Å². The van der Waals surface area contributed by atoms with Gasteiger partial charge in [0.2, 0.25) is 5.91 Å². The van der Waals surface area contributed by atoms with E-state index in [9.17, 15) is 4.79 Å². The fraction of sp³-hybridized carbons (Fsp3) is 0.455. The molecular formula is C22H31N3O2. The summed E-state index contributed by atoms with van der Waals surface area (Å²) in [5.41, 5.74) is 2.36. The fourth-order valence-corrected chi connectivity index (χ4v) is 3.25. The van der Waals surface area contributed by atoms with E-state index in [1.807, 2.05) is 30.5 Å². The van der Waals surface area contributed by atoms with Crippen LogP contribution < -0.4 is 10.1 Å². The number of likely N-dealkylation sites (N-methyl/N-ethyl adjacent to an activating group) is 1. The van der Waals surface area contributed by atoms with E-state index in [2.05, 4.69) is 41.2 Å². The highest BCUT2D eigenvalue weighted by molar-refractivity contribution is 5.75. The fourth-order valence-electron chi connectivity index (χ4n) is 3.25. The van der Waals surface area contributed by atoms with E-state index in [-0.39, 0.29) is 11.9 Å². The van der Waals surface area contributed by atoms with Crippen molar-refractivity contribution in [3.05, 3.63) is 59.9 Å². The molecule has 0 radical (unpaired) electrons. The maximum absolute atomic E-state index is 12.3. The molecule has 0 saturated heterocycles. The number of aromatic nitrogens is 1. The first kappa shape index (κ1) is 20.9. The van der Waals surface area contributed by atoms with Crippen LogP contribution in [-0.2, 0) is 11.2 Å². The minimum Gasteiger partial charge on any atom is -0.497 e. The minimum absolute atomic E-state index is 0.101. The number of pyridine rings is 1. The maximum atomic E-state index is 12.3. The van der Waals surface area contributed by atoms with Gasteiger partial charge in [-0.1, -0.05) is 32.0 Å². The molecule has 0 aliphatic rings. The molecule has 1 amide bonds. The summed E-state index contributed by atoms with van der Waals surface area (Å²) in [5.74, 6) is 0.945. The molecule has 1 heterocycles. The van der Waals surface area contributed by atoms with Crippen molar-refractivity contribution in [1.29, 1.82) is 0 Å². The van der Waals surface area contributed by atoms with Crippen LogP contribution in [0.3, 0.4) is 0 Å². The van der Waals surface area contributed by atoms with Crippen molar-refractivity contribution in [2.24, 2.45) is 0 Å². The van der Waals surface area contributed by atoms with Crippen LogP contribution in [-0.4, -0.2) is 42.5 Å². The molecule has 0 fully saturated rings. The van der Waals surface area contributed by atoms with Crippen LogP contribution >= 0.6 is 0 Å². The number of hydrogen-bond donors (Lipinski definition) is 1. The van der Waals surface area contributed by atoms with Crippen LogP contribution in [0.15, 0.2) is 48.8 Å². The smallest absolute Gasteiger partial charge is 0.220 e. The average Bonchev–Trinajstić information content (AvgIpc) is 2.72. The molecule has 0 bridgehead atoms. The molecule has 5 nitrogen and oxygen atoms in total. The van der Waals surface area contributed by atoms with Gasteiger partial charge in [-0.15, -0.1) is 0 Å². The Morgan fingerprint density at radius 2 is 1.93 bits per heavy atom. The number of hydrogen-bond acceptors (Lipinski definition) is 4. The summed E-state index contributed by atoms with van der Waals surface area (Å²) in [4.78, 5) is 18.8. The highest BCUT2D eigenvalue weighted by Gasteiger charge is 2.18. The van der Waals surface area contributed by atoms with Crippen molar-refractivity contribution < 1.29 is 9.53 Å². The molecule has 146 valence electrons. The number of amides is 1. The number of benzene rings is 1. The highest BCUT2D eigenvalue weighted by atomic mass is 16.5. The Bertz CT molecular complexity index is 670. The third-order valence-corrected chi connectivity index (χ3v) is 4.84. The molecule has 0 saturated carbocycles. The van der Waals surface area contributed by atoms with Gasteiger partial charge in [-0.2, -0.15) is 0 Å². The number of ether oxygens (including phenoxy) is 1. The van der Waals surface area contributed by atoms with Crippen LogP contribution in [0.25, 0.3) is 0 Å². The first-order chi connectivity index (χ1) is 13.2. The monoisotopic (exact) mass is 369 g/mol. The molecule has 1 atom stereocenters. The molecular weight excluding hydrogens is 338 g/mol. The lowest BCUT2D eigenvalue weighted by Gasteiger charge is -2.30. The number of nitrogens with one attached hydrogen (secondary N) is 1. The molecule has 1 N–H and O–H groups in total. The van der Waals surface area contributed by atoms with Crippen molar-refractivity contribution in [3.8, 4) is 5.75 Å². The largest absolute Gasteiger partial charge is 0.497 e. The standard InChI is InChI=1S/C22H31N3O2/c1-4-25(5-2)21(19-11-13-20(27-3)14-12-19)17-24-22(26)10-6-8-18-9-7-15-23-16-18/h7,9,11-16,21H,4-6,8,10,17H2,1-3H3,(H,24,26). The number of carbonyl (C=O) groups excluding carboxylic acids is 1. The van der Waals surface area contributed by atoms with Crippen molar-refractivity contribution in [1.82, 2.24) is 15.2 Å². The summed E-state index contributed by atoms with van der Waals surface area (Å²) in [6.07, 6.45) is 5.86. The molecule has 1 aromatic carbocycles. The van der Waals surface area contributed by atoms with E-state index < -0.39 is 0 Å². The van der Waals surface area contributed by atoms with Crippen molar-refractivity contribution in [3.63, 3.8) is 0 Å². The maximum Gasteiger partial charge on any atom is 0.220 e. The molecule has 5 heteroatoms. The van der Waals surface area contributed by atoms with Crippen LogP contribution in [0.2, 0.25) is 0 Å². The van der Waals surface area contributed by atoms with Crippen molar-refractivity contribution in [2.75, 3.05) is 26.7 Å². The Labute approximate surface area is 162 Å². The van der Waals surface area contributed by atoms with Crippen LogP contribution in [0.5, 0.6) is 5.75 Å². The molecule has 27 heavy (non-hydrogen) atoms. The van der Waals surface area contributed by atoms with Gasteiger partial charge in [-0.05, 0) is 55.3 Å². The SMILES string of the molecule is CCN(CC)C(CNC(=O)CCCc1cccnc1)c1ccc(OC)cc1. The van der Waals surface area contributed by atoms with Gasteiger partial charge in [0.05, 0.1) is 13.2 Å². The lowest BCUT2D eigenvalue weighted by molar-refractivity contribution is -0.121. The Balaban J connectivity index is 1.89. The quantitative estimate of drug-likeness (QED) is 0.657. The second-order valence-electron chi connectivity index (χ2n) is 6.53. The van der Waals surface area contributed by atoms with Crippen LogP contribution in [0.4, 0.5) is 0 Å². The zero-order valence-electron chi connectivity index (χ0n) is 16.6. The van der Waals surface area contributed by atoms with Crippen molar-refractivity contribution in [2.45, 2.75) is 39.2 Å². The van der Waals surface area contributed by atoms with Crippen LogP contribution in [0, 0.1) is 0 Å². The predicted molar refractivity (Wildman–Crippen MR) is 109 cm³/mol. The molecule has 2 aromatic rings. The number of rotatable bonds is 11. The summed E-state index contributed by atoms with van der Waals surface area (Å²) < 4.78 is 5.25. The Morgan fingerprint density at radius 1 is 1.19 bits per heavy atom. The van der Waals surface area contributed by atoms with Gasteiger partial charge in [0.1, 0.15) is 5.75 Å². The Kier molecular flexibility index (Phi) is 8.78. The molecule has 0 aliphatic carbocycles. The number of methoxy groups -OCH3 is 1. The highest BCUT2D eigenvalue weighted by Crippen LogP contribution is 2.22. The van der Waals surface area contributed by atoms with Gasteiger partial charge >= 0.3 is 0 Å². The lowest BCUT2D eigenvalue weighted by atomic mass is 10.0. The summed E-state index contributed by atoms with van der Waals surface area (Å²) >= 11 is 0. The summed E-state index contributed by atoms with van der Waals surface area (Å²) in [6.45, 7) is 6.78. The average molecular weight is 370 g/mol. The van der Waals surface area contributed by atoms with Gasteiger partial charge in [-0.3, -0.25) is 14.7 Å². The minimum atomic E-state index is 0.101. The first-order valence-corrected chi connectivity index (χ1v) is 9.71. The Hall–Kier alpha value is -2.40. The third kappa shape index (κ3) is 6.68. The topological polar surface area (TPSA) is 54.5 Å². The normalized spacial score (nSPS) is 12.0. The molecule has 2 rings (SSSR count). The zero-order chi connectivity index (χ0) is 19.5. The molecule has 1 aromatic heterocycles. The molecule has 1 unspecified atom stereocenters. The predicted octanol–water partition coefficient (Wildman–Crippen LogP) is 3.61. The summed E-state index contributed by atoms with van der Waals surface area (Å²) in [5, 5.41) is 3.12. The van der Waals surface area contributed by atoms with Gasteiger partial charge in [-0.25, -0.2) is 0 Å². The number of carbonyl (C=O) groups is 1. The third-order valence-electron chi connectivity index (χ3n) is 4.84. The van der Waals surface area contributed by atoms with E-state index in [0.717, 1.165) is 31.7 Å². The van der Waals surface area contributed by atoms with E-state index in [1.165, 1.54) is 11.1 Å². The van der Waals surface area contributed by atoms with Crippen LogP contribution in [0.1, 0.15) is 43.9 Å². The van der Waals surface area contributed by atoms with E-state index >= 15 is 0 Å². The van der Waals surface area contributed by atoms with E-state index in [1.54, 1.807) is 13.3 Å². The zero-order valence-corrected chi connectivity index (χ0v) is 16.6. The lowest BCUT2D eigenvalue weighted by Crippen LogP contribution is -2.38. The summed E-state index contributed by atoms with van der Waals surface area (Å²) in [6, 6.07) is 12.2. The van der Waals surface area contributed by atoms with E-state index in [0.29, 0.717) is 13.0 Å². The summed E-state index contributed by atoms with van der Waals surface area (Å²) in [7, 11) is 1.67. The Morgan fingerprint density at radius 3 is 2.52 bits per heavy atom.